The Labute approximate surface area is 111 Å². The zero-order valence-corrected chi connectivity index (χ0v) is 11.7. The second kappa shape index (κ2) is 5.89. The fourth-order valence-electron chi connectivity index (χ4n) is 4.28. The highest BCUT2D eigenvalue weighted by Gasteiger charge is 2.39. The van der Waals surface area contributed by atoms with E-state index >= 15 is 0 Å². The van der Waals surface area contributed by atoms with Gasteiger partial charge >= 0.3 is 0 Å². The molecule has 3 nitrogen and oxygen atoms in total. The Bertz CT molecular complexity index is 263. The van der Waals surface area contributed by atoms with E-state index in [9.17, 15) is 0 Å². The van der Waals surface area contributed by atoms with Gasteiger partial charge in [0, 0.05) is 32.3 Å². The number of fused-ring (bicyclic) bond motifs is 1. The van der Waals surface area contributed by atoms with Crippen LogP contribution in [0.1, 0.15) is 39.0 Å². The van der Waals surface area contributed by atoms with Crippen LogP contribution in [0.15, 0.2) is 0 Å². The van der Waals surface area contributed by atoms with Crippen LogP contribution in [0.2, 0.25) is 0 Å². The van der Waals surface area contributed by atoms with E-state index in [0.29, 0.717) is 6.10 Å². The Morgan fingerprint density at radius 1 is 1.17 bits per heavy atom. The maximum Gasteiger partial charge on any atom is 0.0599 e. The molecule has 0 aromatic rings. The van der Waals surface area contributed by atoms with Gasteiger partial charge in [-0.05, 0) is 51.0 Å². The van der Waals surface area contributed by atoms with Gasteiger partial charge in [-0.25, -0.2) is 0 Å². The van der Waals surface area contributed by atoms with Gasteiger partial charge in [0.25, 0.3) is 0 Å². The quantitative estimate of drug-likeness (QED) is 0.827. The molecule has 0 bridgehead atoms. The van der Waals surface area contributed by atoms with Gasteiger partial charge in [-0.1, -0.05) is 6.42 Å². The van der Waals surface area contributed by atoms with Crippen molar-refractivity contribution in [3.63, 3.8) is 0 Å². The summed E-state index contributed by atoms with van der Waals surface area (Å²) in [5, 5.41) is 3.77. The van der Waals surface area contributed by atoms with Crippen molar-refractivity contribution in [2.24, 2.45) is 11.8 Å². The number of ether oxygens (including phenoxy) is 1. The van der Waals surface area contributed by atoms with Gasteiger partial charge in [-0.15, -0.1) is 0 Å². The fraction of sp³-hybridized carbons (Fsp3) is 1.00. The third-order valence-electron chi connectivity index (χ3n) is 5.27. The highest BCUT2D eigenvalue weighted by atomic mass is 16.5. The van der Waals surface area contributed by atoms with Crippen molar-refractivity contribution < 1.29 is 4.74 Å². The van der Waals surface area contributed by atoms with E-state index in [1.165, 1.54) is 58.3 Å². The van der Waals surface area contributed by atoms with E-state index in [-0.39, 0.29) is 0 Å². The molecule has 1 saturated carbocycles. The first-order chi connectivity index (χ1) is 8.86. The van der Waals surface area contributed by atoms with Crippen LogP contribution in [0.3, 0.4) is 0 Å². The Hall–Kier alpha value is -0.120. The molecule has 3 rings (SSSR count). The molecule has 1 N–H and O–H groups in total. The molecule has 104 valence electrons. The van der Waals surface area contributed by atoms with E-state index in [1.807, 2.05) is 0 Å². The molecule has 1 aliphatic carbocycles. The van der Waals surface area contributed by atoms with Gasteiger partial charge < -0.3 is 15.0 Å². The zero-order chi connectivity index (χ0) is 12.4. The summed E-state index contributed by atoms with van der Waals surface area (Å²) in [6.07, 6.45) is 7.41. The minimum absolute atomic E-state index is 0.530. The van der Waals surface area contributed by atoms with Gasteiger partial charge in [0.2, 0.25) is 0 Å². The van der Waals surface area contributed by atoms with Gasteiger partial charge in [-0.2, -0.15) is 0 Å². The van der Waals surface area contributed by atoms with Crippen molar-refractivity contribution in [2.75, 3.05) is 32.8 Å². The van der Waals surface area contributed by atoms with Crippen molar-refractivity contribution >= 4 is 0 Å². The standard InChI is InChI=1S/C15H28N2O/c1-2-18-13-6-8-17(9-7-13)11-15-14-5-3-4-12(14)10-16-15/h12-16H,2-11H2,1H3. The first kappa shape index (κ1) is 12.9. The summed E-state index contributed by atoms with van der Waals surface area (Å²) in [6, 6.07) is 0.779. The average molecular weight is 252 g/mol. The highest BCUT2D eigenvalue weighted by Crippen LogP contribution is 2.38. The molecule has 3 heteroatoms. The summed E-state index contributed by atoms with van der Waals surface area (Å²) in [6.45, 7) is 8.01. The number of nitrogens with one attached hydrogen (secondary N) is 1. The van der Waals surface area contributed by atoms with E-state index in [0.717, 1.165) is 24.5 Å². The summed E-state index contributed by atoms with van der Waals surface area (Å²) in [7, 11) is 0. The highest BCUT2D eigenvalue weighted by molar-refractivity contribution is 4.95. The molecule has 3 atom stereocenters. The topological polar surface area (TPSA) is 24.5 Å². The second-order valence-corrected chi connectivity index (χ2v) is 6.32. The van der Waals surface area contributed by atoms with Crippen LogP contribution in [0, 0.1) is 11.8 Å². The predicted molar refractivity (Wildman–Crippen MR) is 73.7 cm³/mol. The Balaban J connectivity index is 1.44. The van der Waals surface area contributed by atoms with Crippen LogP contribution in [-0.4, -0.2) is 49.8 Å². The van der Waals surface area contributed by atoms with Crippen molar-refractivity contribution in [3.05, 3.63) is 0 Å². The van der Waals surface area contributed by atoms with E-state index in [1.54, 1.807) is 0 Å². The largest absolute Gasteiger partial charge is 0.378 e. The maximum absolute atomic E-state index is 5.73. The summed E-state index contributed by atoms with van der Waals surface area (Å²) >= 11 is 0. The van der Waals surface area contributed by atoms with Crippen molar-refractivity contribution in [3.8, 4) is 0 Å². The molecule has 3 fully saturated rings. The predicted octanol–water partition coefficient (Wildman–Crippen LogP) is 1.88. The maximum atomic E-state index is 5.73. The molecule has 0 aromatic carbocycles. The lowest BCUT2D eigenvalue weighted by Gasteiger charge is -2.34. The van der Waals surface area contributed by atoms with Crippen LogP contribution in [0.25, 0.3) is 0 Å². The molecule has 18 heavy (non-hydrogen) atoms. The first-order valence-electron chi connectivity index (χ1n) is 7.94. The molecule has 2 heterocycles. The minimum atomic E-state index is 0.530. The summed E-state index contributed by atoms with van der Waals surface area (Å²) in [5.74, 6) is 1.98. The van der Waals surface area contributed by atoms with Gasteiger partial charge in [0.1, 0.15) is 0 Å². The van der Waals surface area contributed by atoms with Crippen molar-refractivity contribution in [1.82, 2.24) is 10.2 Å². The van der Waals surface area contributed by atoms with Crippen LogP contribution < -0.4 is 5.32 Å². The van der Waals surface area contributed by atoms with E-state index in [4.69, 9.17) is 4.74 Å². The molecule has 3 aliphatic rings. The molecule has 2 saturated heterocycles. The SMILES string of the molecule is CCOC1CCN(CC2NCC3CCCC32)CC1. The number of nitrogens with zero attached hydrogens (tertiary/aromatic N) is 1. The van der Waals surface area contributed by atoms with Gasteiger partial charge in [-0.3, -0.25) is 0 Å². The number of likely N-dealkylation sites (tertiary alicyclic amines) is 1. The van der Waals surface area contributed by atoms with Gasteiger partial charge in [0.05, 0.1) is 6.10 Å². The third-order valence-corrected chi connectivity index (χ3v) is 5.27. The molecular formula is C15H28N2O. The number of hydrogen-bond donors (Lipinski definition) is 1. The van der Waals surface area contributed by atoms with Crippen LogP contribution >= 0.6 is 0 Å². The smallest absolute Gasteiger partial charge is 0.0599 e. The summed E-state index contributed by atoms with van der Waals surface area (Å²) < 4.78 is 5.73. The molecule has 0 radical (unpaired) electrons. The third kappa shape index (κ3) is 2.73. The van der Waals surface area contributed by atoms with E-state index in [2.05, 4.69) is 17.1 Å². The van der Waals surface area contributed by atoms with Crippen molar-refractivity contribution in [1.29, 1.82) is 0 Å². The van der Waals surface area contributed by atoms with Crippen molar-refractivity contribution in [2.45, 2.75) is 51.2 Å². The molecule has 2 aliphatic heterocycles. The van der Waals surface area contributed by atoms with Crippen LogP contribution in [-0.2, 0) is 4.74 Å². The lowest BCUT2D eigenvalue weighted by molar-refractivity contribution is 0.0117. The summed E-state index contributed by atoms with van der Waals surface area (Å²) in [5.41, 5.74) is 0. The zero-order valence-electron chi connectivity index (χ0n) is 11.7. The summed E-state index contributed by atoms with van der Waals surface area (Å²) in [4.78, 5) is 2.66. The molecule has 3 unspecified atom stereocenters. The lowest BCUT2D eigenvalue weighted by atomic mass is 9.93. The van der Waals surface area contributed by atoms with E-state index < -0.39 is 0 Å². The average Bonchev–Trinajstić information content (AvgIpc) is 2.97. The Morgan fingerprint density at radius 3 is 2.78 bits per heavy atom. The Kier molecular flexibility index (Phi) is 4.22. The number of piperidine rings is 1. The van der Waals surface area contributed by atoms with Gasteiger partial charge in [0.15, 0.2) is 0 Å². The lowest BCUT2D eigenvalue weighted by Crippen LogP contribution is -2.45. The first-order valence-corrected chi connectivity index (χ1v) is 7.94. The normalized spacial score (nSPS) is 38.2. The molecule has 0 aromatic heterocycles. The Morgan fingerprint density at radius 2 is 2.00 bits per heavy atom. The van der Waals surface area contributed by atoms with Crippen LogP contribution in [0.4, 0.5) is 0 Å². The molecule has 0 spiro atoms. The molecular weight excluding hydrogens is 224 g/mol. The van der Waals surface area contributed by atoms with Crippen LogP contribution in [0.5, 0.6) is 0 Å². The second-order valence-electron chi connectivity index (χ2n) is 6.32. The minimum Gasteiger partial charge on any atom is -0.378 e. The molecule has 0 amide bonds. The number of rotatable bonds is 4. The fourth-order valence-corrected chi connectivity index (χ4v) is 4.28. The number of hydrogen-bond acceptors (Lipinski definition) is 3. The monoisotopic (exact) mass is 252 g/mol.